The summed E-state index contributed by atoms with van der Waals surface area (Å²) in [5.41, 5.74) is 0. The summed E-state index contributed by atoms with van der Waals surface area (Å²) < 4.78 is 4.75. The fourth-order valence-electron chi connectivity index (χ4n) is 1.23. The van der Waals surface area contributed by atoms with Crippen LogP contribution in [0.4, 0.5) is 4.79 Å². The number of nitrogens with zero attached hydrogens (tertiary/aromatic N) is 3. The lowest BCUT2D eigenvalue weighted by molar-refractivity contribution is -0.137. The molecule has 0 aliphatic rings. The molecule has 0 atom stereocenters. The van der Waals surface area contributed by atoms with Crippen molar-refractivity contribution in [2.24, 2.45) is 0 Å². The second-order valence-corrected chi connectivity index (χ2v) is 3.38. The minimum atomic E-state index is -1.08. The van der Waals surface area contributed by atoms with E-state index < -0.39 is 12.0 Å². The molecule has 2 N–H and O–H groups in total. The van der Waals surface area contributed by atoms with Crippen molar-refractivity contribution < 1.29 is 19.2 Å². The Kier molecular flexibility index (Phi) is 5.36. The minimum Gasteiger partial charge on any atom is -0.480 e. The van der Waals surface area contributed by atoms with Crippen molar-refractivity contribution in [1.82, 2.24) is 20.4 Å². The Morgan fingerprint density at radius 2 is 2.39 bits per heavy atom. The average molecular weight is 254 g/mol. The quantitative estimate of drug-likeness (QED) is 0.657. The van der Waals surface area contributed by atoms with Gasteiger partial charge in [-0.05, 0) is 0 Å². The monoisotopic (exact) mass is 254 g/mol. The summed E-state index contributed by atoms with van der Waals surface area (Å²) in [7, 11) is 0. The van der Waals surface area contributed by atoms with E-state index in [0.29, 0.717) is 12.3 Å². The van der Waals surface area contributed by atoms with Gasteiger partial charge in [-0.15, -0.1) is 6.58 Å². The average Bonchev–Trinajstić information content (AvgIpc) is 2.81. The molecule has 0 aromatic carbocycles. The first kappa shape index (κ1) is 13.7. The van der Waals surface area contributed by atoms with Crippen molar-refractivity contribution in [3.63, 3.8) is 0 Å². The Labute approximate surface area is 103 Å². The highest BCUT2D eigenvalue weighted by Crippen LogP contribution is 1.93. The van der Waals surface area contributed by atoms with Crippen LogP contribution in [0.15, 0.2) is 23.5 Å². The summed E-state index contributed by atoms with van der Waals surface area (Å²) >= 11 is 0. The summed E-state index contributed by atoms with van der Waals surface area (Å²) in [6.07, 6.45) is 3.12. The van der Waals surface area contributed by atoms with E-state index in [1.807, 2.05) is 0 Å². The second kappa shape index (κ2) is 7.05. The van der Waals surface area contributed by atoms with Gasteiger partial charge in [-0.2, -0.15) is 4.98 Å². The van der Waals surface area contributed by atoms with Crippen LogP contribution in [0.5, 0.6) is 0 Å². The molecular formula is C10H14N4O4. The highest BCUT2D eigenvalue weighted by atomic mass is 16.5. The third-order valence-electron chi connectivity index (χ3n) is 1.98. The number of carbonyl (C=O) groups is 2. The van der Waals surface area contributed by atoms with Gasteiger partial charge in [0.15, 0.2) is 6.33 Å². The van der Waals surface area contributed by atoms with Gasteiger partial charge >= 0.3 is 12.0 Å². The molecule has 1 aromatic heterocycles. The van der Waals surface area contributed by atoms with Gasteiger partial charge in [0, 0.05) is 19.5 Å². The zero-order valence-electron chi connectivity index (χ0n) is 9.70. The largest absolute Gasteiger partial charge is 0.480 e. The molecule has 1 aromatic rings. The van der Waals surface area contributed by atoms with Gasteiger partial charge in [-0.25, -0.2) is 4.79 Å². The lowest BCUT2D eigenvalue weighted by Gasteiger charge is -2.19. The number of nitrogens with one attached hydrogen (secondary N) is 1. The highest BCUT2D eigenvalue weighted by molar-refractivity contribution is 5.80. The highest BCUT2D eigenvalue weighted by Gasteiger charge is 2.14. The first-order valence-electron chi connectivity index (χ1n) is 5.24. The Morgan fingerprint density at radius 3 is 2.94 bits per heavy atom. The molecule has 0 fully saturated rings. The molecule has 2 amide bonds. The summed E-state index contributed by atoms with van der Waals surface area (Å²) in [5.74, 6) is -0.673. The van der Waals surface area contributed by atoms with Crippen molar-refractivity contribution in [3.8, 4) is 0 Å². The third kappa shape index (κ3) is 4.64. The minimum absolute atomic E-state index is 0.165. The molecule has 1 rings (SSSR count). The van der Waals surface area contributed by atoms with Crippen LogP contribution in [0, 0.1) is 0 Å². The number of aliphatic carboxylic acids is 1. The molecular weight excluding hydrogens is 240 g/mol. The molecule has 0 saturated carbocycles. The Balaban J connectivity index is 2.36. The van der Waals surface area contributed by atoms with Crippen LogP contribution < -0.4 is 5.32 Å². The van der Waals surface area contributed by atoms with Crippen molar-refractivity contribution >= 4 is 12.0 Å². The fraction of sp³-hybridized carbons (Fsp3) is 0.400. The van der Waals surface area contributed by atoms with Gasteiger partial charge in [0.25, 0.3) is 0 Å². The Bertz CT molecular complexity index is 404. The summed E-state index contributed by atoms with van der Waals surface area (Å²) in [4.78, 5) is 27.1. The van der Waals surface area contributed by atoms with Crippen molar-refractivity contribution in [2.75, 3.05) is 19.6 Å². The van der Waals surface area contributed by atoms with Crippen LogP contribution in [0.1, 0.15) is 5.89 Å². The summed E-state index contributed by atoms with van der Waals surface area (Å²) in [6, 6.07) is -0.475. The molecule has 0 aliphatic heterocycles. The summed E-state index contributed by atoms with van der Waals surface area (Å²) in [5, 5.41) is 14.6. The molecule has 0 radical (unpaired) electrons. The predicted molar refractivity (Wildman–Crippen MR) is 60.8 cm³/mol. The van der Waals surface area contributed by atoms with E-state index in [-0.39, 0.29) is 19.6 Å². The van der Waals surface area contributed by atoms with E-state index >= 15 is 0 Å². The number of carbonyl (C=O) groups excluding carboxylic acids is 1. The zero-order chi connectivity index (χ0) is 13.4. The predicted octanol–water partition coefficient (Wildman–Crippen LogP) is -0.106. The smallest absolute Gasteiger partial charge is 0.323 e. The Morgan fingerprint density at radius 1 is 1.61 bits per heavy atom. The molecule has 98 valence electrons. The molecule has 0 bridgehead atoms. The van der Waals surface area contributed by atoms with Gasteiger partial charge in [-0.1, -0.05) is 11.2 Å². The maximum absolute atomic E-state index is 11.6. The molecule has 18 heavy (non-hydrogen) atoms. The number of hydrogen-bond donors (Lipinski definition) is 2. The SMILES string of the molecule is C=CCN(CC(=O)O)C(=O)NCCc1ncno1. The zero-order valence-corrected chi connectivity index (χ0v) is 9.70. The van der Waals surface area contributed by atoms with Crippen LogP contribution in [-0.2, 0) is 11.2 Å². The lowest BCUT2D eigenvalue weighted by atomic mass is 10.4. The van der Waals surface area contributed by atoms with E-state index in [2.05, 4.69) is 22.0 Å². The lowest BCUT2D eigenvalue weighted by Crippen LogP contribution is -2.43. The number of aromatic nitrogens is 2. The van der Waals surface area contributed by atoms with E-state index in [9.17, 15) is 9.59 Å². The molecule has 8 nitrogen and oxygen atoms in total. The number of amides is 2. The van der Waals surface area contributed by atoms with Crippen LogP contribution in [0.2, 0.25) is 0 Å². The fourth-order valence-corrected chi connectivity index (χ4v) is 1.23. The maximum Gasteiger partial charge on any atom is 0.323 e. The van der Waals surface area contributed by atoms with E-state index in [0.717, 1.165) is 4.90 Å². The van der Waals surface area contributed by atoms with Gasteiger partial charge < -0.3 is 19.8 Å². The van der Waals surface area contributed by atoms with Crippen molar-refractivity contribution in [3.05, 3.63) is 24.9 Å². The first-order chi connectivity index (χ1) is 8.63. The second-order valence-electron chi connectivity index (χ2n) is 3.38. The molecule has 0 unspecified atom stereocenters. The first-order valence-corrected chi connectivity index (χ1v) is 5.24. The number of carboxylic acid groups (broad SMARTS) is 1. The number of rotatable bonds is 7. The normalized spacial score (nSPS) is 9.78. The summed E-state index contributed by atoms with van der Waals surface area (Å²) in [6.45, 7) is 3.54. The Hall–Kier alpha value is -2.38. The topological polar surface area (TPSA) is 109 Å². The van der Waals surface area contributed by atoms with Crippen LogP contribution in [0.3, 0.4) is 0 Å². The van der Waals surface area contributed by atoms with E-state index in [1.54, 1.807) is 0 Å². The van der Waals surface area contributed by atoms with Gasteiger partial charge in [0.1, 0.15) is 6.54 Å². The van der Waals surface area contributed by atoms with Crippen molar-refractivity contribution in [1.29, 1.82) is 0 Å². The standard InChI is InChI=1S/C10H14N4O4/c1-2-5-14(6-9(15)16)10(17)11-4-3-8-12-7-13-18-8/h2,7H,1,3-6H2,(H,11,17)(H,15,16). The van der Waals surface area contributed by atoms with Gasteiger partial charge in [-0.3, -0.25) is 4.79 Å². The van der Waals surface area contributed by atoms with E-state index in [4.69, 9.17) is 9.63 Å². The van der Waals surface area contributed by atoms with Gasteiger partial charge in [0.2, 0.25) is 5.89 Å². The third-order valence-corrected chi connectivity index (χ3v) is 1.98. The molecule has 0 aliphatic carbocycles. The number of urea groups is 1. The maximum atomic E-state index is 11.6. The molecule has 1 heterocycles. The molecule has 0 spiro atoms. The van der Waals surface area contributed by atoms with Crippen LogP contribution in [0.25, 0.3) is 0 Å². The van der Waals surface area contributed by atoms with Crippen LogP contribution in [-0.4, -0.2) is 51.8 Å². The molecule has 8 heteroatoms. The number of carboxylic acids is 1. The number of hydrogen-bond acceptors (Lipinski definition) is 5. The molecule has 0 saturated heterocycles. The van der Waals surface area contributed by atoms with E-state index in [1.165, 1.54) is 12.4 Å². The van der Waals surface area contributed by atoms with Gasteiger partial charge in [0.05, 0.1) is 0 Å². The van der Waals surface area contributed by atoms with Crippen LogP contribution >= 0.6 is 0 Å². The van der Waals surface area contributed by atoms with Crippen molar-refractivity contribution in [2.45, 2.75) is 6.42 Å².